The molecule has 21 heavy (non-hydrogen) atoms. The first-order valence-electron chi connectivity index (χ1n) is 5.88. The molecule has 0 aliphatic carbocycles. The number of hydrogen-bond acceptors (Lipinski definition) is 3. The molecular formula is C14H11Cl2FN2OS. The van der Waals surface area contributed by atoms with Crippen molar-refractivity contribution in [3.8, 4) is 0 Å². The van der Waals surface area contributed by atoms with Gasteiger partial charge in [0.05, 0.1) is 16.5 Å². The molecule has 0 heterocycles. The van der Waals surface area contributed by atoms with Gasteiger partial charge in [-0.05, 0) is 36.4 Å². The number of amides is 1. The van der Waals surface area contributed by atoms with Crippen LogP contribution in [0.25, 0.3) is 0 Å². The molecule has 0 aromatic heterocycles. The highest BCUT2D eigenvalue weighted by Crippen LogP contribution is 2.26. The van der Waals surface area contributed by atoms with E-state index in [2.05, 4.69) is 5.32 Å². The van der Waals surface area contributed by atoms with E-state index in [9.17, 15) is 9.18 Å². The van der Waals surface area contributed by atoms with E-state index in [1.165, 1.54) is 23.9 Å². The third-order valence-corrected chi connectivity index (χ3v) is 4.01. The Labute approximate surface area is 135 Å². The normalized spacial score (nSPS) is 10.4. The molecule has 0 aliphatic rings. The summed E-state index contributed by atoms with van der Waals surface area (Å²) in [5, 5.41) is 3.52. The van der Waals surface area contributed by atoms with Gasteiger partial charge in [-0.3, -0.25) is 4.79 Å². The van der Waals surface area contributed by atoms with E-state index < -0.39 is 5.82 Å². The van der Waals surface area contributed by atoms with Gasteiger partial charge in [-0.1, -0.05) is 23.2 Å². The number of nitrogens with two attached hydrogens (primary N) is 1. The summed E-state index contributed by atoms with van der Waals surface area (Å²) in [7, 11) is 0. The second-order valence-electron chi connectivity index (χ2n) is 4.18. The fourth-order valence-electron chi connectivity index (χ4n) is 1.60. The van der Waals surface area contributed by atoms with Crippen LogP contribution in [0.3, 0.4) is 0 Å². The van der Waals surface area contributed by atoms with E-state index in [-0.39, 0.29) is 11.7 Å². The molecule has 2 rings (SSSR count). The lowest BCUT2D eigenvalue weighted by Crippen LogP contribution is -2.14. The maximum atomic E-state index is 13.2. The van der Waals surface area contributed by atoms with E-state index in [1.54, 1.807) is 24.3 Å². The minimum Gasteiger partial charge on any atom is -0.399 e. The van der Waals surface area contributed by atoms with Crippen LogP contribution in [0.1, 0.15) is 0 Å². The number of nitrogen functional groups attached to an aromatic ring is 1. The number of nitrogens with one attached hydrogen (secondary N) is 1. The Morgan fingerprint density at radius 2 is 2.00 bits per heavy atom. The van der Waals surface area contributed by atoms with Crippen LogP contribution in [0.5, 0.6) is 0 Å². The molecule has 0 atom stereocenters. The van der Waals surface area contributed by atoms with E-state index in [0.717, 1.165) is 0 Å². The summed E-state index contributed by atoms with van der Waals surface area (Å²) < 4.78 is 13.2. The smallest absolute Gasteiger partial charge is 0.234 e. The fourth-order valence-corrected chi connectivity index (χ4v) is 2.72. The number of rotatable bonds is 4. The van der Waals surface area contributed by atoms with Crippen molar-refractivity contribution < 1.29 is 9.18 Å². The van der Waals surface area contributed by atoms with Gasteiger partial charge in [-0.15, -0.1) is 11.8 Å². The second-order valence-corrected chi connectivity index (χ2v) is 6.07. The van der Waals surface area contributed by atoms with Gasteiger partial charge in [-0.25, -0.2) is 4.39 Å². The summed E-state index contributed by atoms with van der Waals surface area (Å²) in [5.74, 6) is -0.603. The Kier molecular flexibility index (Phi) is 5.33. The lowest BCUT2D eigenvalue weighted by molar-refractivity contribution is -0.113. The zero-order chi connectivity index (χ0) is 15.4. The van der Waals surface area contributed by atoms with Crippen molar-refractivity contribution in [2.45, 2.75) is 4.90 Å². The molecule has 1 amide bonds. The van der Waals surface area contributed by atoms with Crippen molar-refractivity contribution in [3.63, 3.8) is 0 Å². The standard InChI is InChI=1S/C14H11Cl2FN2OS/c15-8-1-2-12(16)13(3-8)19-14(20)7-21-11-5-9(17)4-10(18)6-11/h1-6H,7,18H2,(H,19,20). The summed E-state index contributed by atoms with van der Waals surface area (Å²) >= 11 is 13.0. The summed E-state index contributed by atoms with van der Waals surface area (Å²) in [6, 6.07) is 8.93. The molecule has 3 N–H and O–H groups in total. The first-order chi connectivity index (χ1) is 9.94. The molecule has 2 aromatic carbocycles. The van der Waals surface area contributed by atoms with E-state index >= 15 is 0 Å². The van der Waals surface area contributed by atoms with Crippen LogP contribution in [0.4, 0.5) is 15.8 Å². The Balaban J connectivity index is 1.97. The van der Waals surface area contributed by atoms with Crippen molar-refractivity contribution in [1.29, 1.82) is 0 Å². The van der Waals surface area contributed by atoms with Gasteiger partial charge < -0.3 is 11.1 Å². The SMILES string of the molecule is Nc1cc(F)cc(SCC(=O)Nc2cc(Cl)ccc2Cl)c1. The van der Waals surface area contributed by atoms with Gasteiger partial charge >= 0.3 is 0 Å². The number of anilines is 2. The van der Waals surface area contributed by atoms with Crippen LogP contribution in [-0.4, -0.2) is 11.7 Å². The van der Waals surface area contributed by atoms with Crippen molar-refractivity contribution in [2.75, 3.05) is 16.8 Å². The Hall–Kier alpha value is -1.43. The molecule has 0 spiro atoms. The quantitative estimate of drug-likeness (QED) is 0.636. The predicted octanol–water partition coefficient (Wildman–Crippen LogP) is 4.45. The van der Waals surface area contributed by atoms with E-state index in [0.29, 0.717) is 26.3 Å². The number of halogens is 3. The highest BCUT2D eigenvalue weighted by molar-refractivity contribution is 8.00. The zero-order valence-electron chi connectivity index (χ0n) is 10.7. The second kappa shape index (κ2) is 7.02. The Bertz CT molecular complexity index is 662. The van der Waals surface area contributed by atoms with Crippen LogP contribution >= 0.6 is 35.0 Å². The Morgan fingerprint density at radius 1 is 1.24 bits per heavy atom. The molecule has 2 aromatic rings. The zero-order valence-corrected chi connectivity index (χ0v) is 13.0. The number of carbonyl (C=O) groups excluding carboxylic acids is 1. The third-order valence-electron chi connectivity index (χ3n) is 2.47. The number of carbonyl (C=O) groups is 1. The molecule has 110 valence electrons. The monoisotopic (exact) mass is 344 g/mol. The van der Waals surface area contributed by atoms with Crippen LogP contribution in [-0.2, 0) is 4.79 Å². The van der Waals surface area contributed by atoms with Crippen LogP contribution in [0, 0.1) is 5.82 Å². The first kappa shape index (κ1) is 15.9. The van der Waals surface area contributed by atoms with Crippen molar-refractivity contribution in [3.05, 3.63) is 52.3 Å². The molecule has 0 saturated heterocycles. The van der Waals surface area contributed by atoms with Crippen LogP contribution < -0.4 is 11.1 Å². The molecule has 0 unspecified atom stereocenters. The summed E-state index contributed by atoms with van der Waals surface area (Å²) in [5.41, 5.74) is 6.29. The minimum atomic E-state index is -0.434. The van der Waals surface area contributed by atoms with Crippen LogP contribution in [0.15, 0.2) is 41.3 Å². The molecule has 0 radical (unpaired) electrons. The van der Waals surface area contributed by atoms with E-state index in [4.69, 9.17) is 28.9 Å². The van der Waals surface area contributed by atoms with Gasteiger partial charge in [0.15, 0.2) is 0 Å². The van der Waals surface area contributed by atoms with E-state index in [1.807, 2.05) is 0 Å². The molecule has 7 heteroatoms. The van der Waals surface area contributed by atoms with Gasteiger partial charge in [-0.2, -0.15) is 0 Å². The van der Waals surface area contributed by atoms with Gasteiger partial charge in [0.25, 0.3) is 0 Å². The van der Waals surface area contributed by atoms with Crippen LogP contribution in [0.2, 0.25) is 10.0 Å². The Morgan fingerprint density at radius 3 is 2.71 bits per heavy atom. The minimum absolute atomic E-state index is 0.103. The number of thioether (sulfide) groups is 1. The van der Waals surface area contributed by atoms with Crippen molar-refractivity contribution >= 4 is 52.2 Å². The number of hydrogen-bond donors (Lipinski definition) is 2. The summed E-state index contributed by atoms with van der Waals surface area (Å²) in [6.07, 6.45) is 0. The summed E-state index contributed by atoms with van der Waals surface area (Å²) in [6.45, 7) is 0. The maximum Gasteiger partial charge on any atom is 0.234 e. The third kappa shape index (κ3) is 4.81. The molecule has 0 bridgehead atoms. The fraction of sp³-hybridized carbons (Fsp3) is 0.0714. The highest BCUT2D eigenvalue weighted by atomic mass is 35.5. The molecular weight excluding hydrogens is 334 g/mol. The van der Waals surface area contributed by atoms with Gasteiger partial charge in [0.2, 0.25) is 5.91 Å². The average molecular weight is 345 g/mol. The molecule has 0 aliphatic heterocycles. The molecule has 0 fully saturated rings. The molecule has 0 saturated carbocycles. The first-order valence-corrected chi connectivity index (χ1v) is 7.62. The van der Waals surface area contributed by atoms with Gasteiger partial charge in [0, 0.05) is 15.6 Å². The van der Waals surface area contributed by atoms with Crippen molar-refractivity contribution in [2.24, 2.45) is 0 Å². The topological polar surface area (TPSA) is 55.1 Å². The average Bonchev–Trinajstić information content (AvgIpc) is 2.40. The molecule has 3 nitrogen and oxygen atoms in total. The van der Waals surface area contributed by atoms with Gasteiger partial charge in [0.1, 0.15) is 5.82 Å². The lowest BCUT2D eigenvalue weighted by Gasteiger charge is -2.08. The number of benzene rings is 2. The maximum absolute atomic E-state index is 13.2. The largest absolute Gasteiger partial charge is 0.399 e. The lowest BCUT2D eigenvalue weighted by atomic mass is 10.3. The predicted molar refractivity (Wildman–Crippen MR) is 86.6 cm³/mol. The highest BCUT2D eigenvalue weighted by Gasteiger charge is 2.08. The summed E-state index contributed by atoms with van der Waals surface area (Å²) in [4.78, 5) is 12.4. The van der Waals surface area contributed by atoms with Crippen molar-refractivity contribution in [1.82, 2.24) is 0 Å².